The van der Waals surface area contributed by atoms with Crippen molar-refractivity contribution in [3.63, 3.8) is 0 Å². The van der Waals surface area contributed by atoms with Crippen molar-refractivity contribution in [2.45, 2.75) is 0 Å². The van der Waals surface area contributed by atoms with Gasteiger partial charge in [0.05, 0.1) is 0 Å². The molecule has 22 heavy (non-hydrogen) atoms. The van der Waals surface area contributed by atoms with Gasteiger partial charge in [0.2, 0.25) is 11.9 Å². The summed E-state index contributed by atoms with van der Waals surface area (Å²) in [6, 6.07) is 0. The quantitative estimate of drug-likeness (QED) is 0.398. The number of rotatable bonds is 1. The van der Waals surface area contributed by atoms with Crippen LogP contribution in [0.1, 0.15) is 0 Å². The minimum atomic E-state index is 0.0253. The van der Waals surface area contributed by atoms with Crippen molar-refractivity contribution in [3.05, 3.63) is 17.8 Å². The Morgan fingerprint density at radius 3 is 2.00 bits per heavy atom. The van der Waals surface area contributed by atoms with E-state index in [-0.39, 0.29) is 22.9 Å². The van der Waals surface area contributed by atoms with E-state index >= 15 is 0 Å². The van der Waals surface area contributed by atoms with Gasteiger partial charge in [-0.05, 0) is 0 Å². The molecule has 0 aromatic carbocycles. The minimum absolute atomic E-state index is 0.0253. The highest BCUT2D eigenvalue weighted by molar-refractivity contribution is 6.33. The lowest BCUT2D eigenvalue weighted by Crippen LogP contribution is -2.10. The second kappa shape index (κ2) is 4.14. The van der Waals surface area contributed by atoms with Gasteiger partial charge in [-0.15, -0.1) is 0 Å². The van der Waals surface area contributed by atoms with Crippen molar-refractivity contribution < 1.29 is 0 Å². The Balaban J connectivity index is 2.08. The Kier molecular flexibility index (Phi) is 2.36. The minimum Gasteiger partial charge on any atom is -0.382 e. The zero-order chi connectivity index (χ0) is 15.4. The molecule has 110 valence electrons. The molecule has 6 N–H and O–H groups in total. The van der Waals surface area contributed by atoms with Gasteiger partial charge in [0.1, 0.15) is 18.2 Å². The molecule has 0 aliphatic carbocycles. The Labute approximate surface area is 126 Å². The summed E-state index contributed by atoms with van der Waals surface area (Å²) >= 11 is 6.01. The Bertz CT molecular complexity index is 948. The molecule has 0 saturated carbocycles. The van der Waals surface area contributed by atoms with Crippen LogP contribution in [0.4, 0.5) is 17.7 Å². The van der Waals surface area contributed by atoms with Crippen molar-refractivity contribution in [2.75, 3.05) is 17.2 Å². The standard InChI is InChI=1S/C10H8ClN11/c11-5-3-7(19-9(13)17-5)21(1-15-3)22-2-16-4-6(12)18-10(14)20-8(4)22/h1-2H,(H2,13,17,19)(H4,12,14,18,20). The molecule has 4 aromatic heterocycles. The van der Waals surface area contributed by atoms with Crippen LogP contribution >= 0.6 is 11.6 Å². The summed E-state index contributed by atoms with van der Waals surface area (Å²) < 4.78 is 3.11. The first-order valence-corrected chi connectivity index (χ1v) is 6.35. The van der Waals surface area contributed by atoms with E-state index in [4.69, 9.17) is 28.8 Å². The predicted molar refractivity (Wildman–Crippen MR) is 79.7 cm³/mol. The van der Waals surface area contributed by atoms with Crippen molar-refractivity contribution >= 4 is 51.6 Å². The van der Waals surface area contributed by atoms with Gasteiger partial charge >= 0.3 is 0 Å². The molecule has 0 aliphatic rings. The topological polar surface area (TPSA) is 165 Å². The maximum atomic E-state index is 6.01. The van der Waals surface area contributed by atoms with Gasteiger partial charge in [-0.3, -0.25) is 0 Å². The number of anilines is 3. The second-order valence-electron chi connectivity index (χ2n) is 4.36. The Morgan fingerprint density at radius 1 is 0.773 bits per heavy atom. The van der Waals surface area contributed by atoms with Crippen LogP contribution in [0.5, 0.6) is 0 Å². The molecule has 0 atom stereocenters. The maximum Gasteiger partial charge on any atom is 0.224 e. The van der Waals surface area contributed by atoms with Gasteiger partial charge in [-0.1, -0.05) is 11.6 Å². The summed E-state index contributed by atoms with van der Waals surface area (Å²) in [4.78, 5) is 24.3. The van der Waals surface area contributed by atoms with Gasteiger partial charge in [-0.2, -0.15) is 19.9 Å². The predicted octanol–water partition coefficient (Wildman–Crippen LogP) is -0.323. The van der Waals surface area contributed by atoms with Crippen LogP contribution in [0.25, 0.3) is 22.3 Å². The maximum absolute atomic E-state index is 6.01. The largest absolute Gasteiger partial charge is 0.382 e. The highest BCUT2D eigenvalue weighted by atomic mass is 35.5. The van der Waals surface area contributed by atoms with Crippen LogP contribution in [-0.4, -0.2) is 39.3 Å². The molecule has 4 rings (SSSR count). The number of fused-ring (bicyclic) bond motifs is 2. The van der Waals surface area contributed by atoms with Gasteiger partial charge in [0, 0.05) is 0 Å². The van der Waals surface area contributed by atoms with Crippen molar-refractivity contribution in [1.29, 1.82) is 0 Å². The molecule has 12 heteroatoms. The van der Waals surface area contributed by atoms with E-state index in [0.717, 1.165) is 0 Å². The van der Waals surface area contributed by atoms with Crippen molar-refractivity contribution in [3.8, 4) is 0 Å². The van der Waals surface area contributed by atoms with E-state index in [1.165, 1.54) is 12.7 Å². The third-order valence-electron chi connectivity index (χ3n) is 3.01. The van der Waals surface area contributed by atoms with Gasteiger partial charge < -0.3 is 17.2 Å². The molecule has 0 saturated heterocycles. The number of hydrogen-bond acceptors (Lipinski definition) is 9. The van der Waals surface area contributed by atoms with Crippen LogP contribution in [0.3, 0.4) is 0 Å². The van der Waals surface area contributed by atoms with E-state index in [1.54, 1.807) is 9.35 Å². The summed E-state index contributed by atoms with van der Waals surface area (Å²) in [6.07, 6.45) is 2.97. The molecule has 0 amide bonds. The average Bonchev–Trinajstić information content (AvgIpc) is 3.02. The van der Waals surface area contributed by atoms with E-state index in [2.05, 4.69) is 29.9 Å². The molecule has 0 bridgehead atoms. The lowest BCUT2D eigenvalue weighted by Gasteiger charge is -2.06. The number of imidazole rings is 2. The third kappa shape index (κ3) is 1.62. The third-order valence-corrected chi connectivity index (χ3v) is 3.27. The highest BCUT2D eigenvalue weighted by Crippen LogP contribution is 2.22. The SMILES string of the molecule is Nc1nc(N)c2ncn(-n3cnc4c(Cl)nc(N)nc43)c2n1. The van der Waals surface area contributed by atoms with E-state index in [9.17, 15) is 0 Å². The number of nitrogens with zero attached hydrogens (tertiary/aromatic N) is 8. The molecular weight excluding hydrogens is 310 g/mol. The number of nitrogens with two attached hydrogens (primary N) is 3. The normalized spacial score (nSPS) is 11.5. The summed E-state index contributed by atoms with van der Waals surface area (Å²) in [6.45, 7) is 0. The lowest BCUT2D eigenvalue weighted by atomic mass is 10.5. The molecule has 0 unspecified atom stereocenters. The Hall–Kier alpha value is -3.21. The molecule has 0 aliphatic heterocycles. The highest BCUT2D eigenvalue weighted by Gasteiger charge is 2.16. The monoisotopic (exact) mass is 317 g/mol. The first kappa shape index (κ1) is 12.5. The van der Waals surface area contributed by atoms with Crippen molar-refractivity contribution in [2.24, 2.45) is 0 Å². The Morgan fingerprint density at radius 2 is 1.32 bits per heavy atom. The summed E-state index contributed by atoms with van der Waals surface area (Å²) in [5.41, 5.74) is 18.6. The van der Waals surface area contributed by atoms with Crippen LogP contribution in [0, 0.1) is 0 Å². The number of aromatic nitrogens is 8. The average molecular weight is 318 g/mol. The molecule has 0 spiro atoms. The summed E-state index contributed by atoms with van der Waals surface area (Å²) in [5, 5.41) is 0.152. The fourth-order valence-corrected chi connectivity index (χ4v) is 2.33. The lowest BCUT2D eigenvalue weighted by molar-refractivity contribution is 0.688. The molecule has 4 aromatic rings. The molecular formula is C10H8ClN11. The molecule has 0 fully saturated rings. The van der Waals surface area contributed by atoms with E-state index in [0.29, 0.717) is 22.3 Å². The van der Waals surface area contributed by atoms with Crippen LogP contribution in [0.15, 0.2) is 12.7 Å². The molecule has 0 radical (unpaired) electrons. The fraction of sp³-hybridized carbons (Fsp3) is 0. The zero-order valence-electron chi connectivity index (χ0n) is 10.8. The zero-order valence-corrected chi connectivity index (χ0v) is 11.6. The first-order chi connectivity index (χ1) is 10.5. The molecule has 11 nitrogen and oxygen atoms in total. The van der Waals surface area contributed by atoms with Crippen LogP contribution < -0.4 is 17.2 Å². The van der Waals surface area contributed by atoms with Crippen molar-refractivity contribution in [1.82, 2.24) is 39.3 Å². The fourth-order valence-electron chi connectivity index (χ4n) is 2.11. The van der Waals surface area contributed by atoms with Gasteiger partial charge in [-0.25, -0.2) is 19.3 Å². The smallest absolute Gasteiger partial charge is 0.224 e. The number of hydrogen-bond donors (Lipinski definition) is 3. The van der Waals surface area contributed by atoms with E-state index < -0.39 is 0 Å². The van der Waals surface area contributed by atoms with Gasteiger partial charge in [0.15, 0.2) is 27.8 Å². The van der Waals surface area contributed by atoms with Gasteiger partial charge in [0.25, 0.3) is 0 Å². The summed E-state index contributed by atoms with van der Waals surface area (Å²) in [5.74, 6) is 0.235. The second-order valence-corrected chi connectivity index (χ2v) is 4.72. The van der Waals surface area contributed by atoms with Crippen LogP contribution in [0.2, 0.25) is 5.15 Å². The van der Waals surface area contributed by atoms with Crippen LogP contribution in [-0.2, 0) is 0 Å². The first-order valence-electron chi connectivity index (χ1n) is 5.97. The number of halogens is 1. The number of nitrogen functional groups attached to an aromatic ring is 3. The molecule has 4 heterocycles. The van der Waals surface area contributed by atoms with E-state index in [1.807, 2.05) is 0 Å². The summed E-state index contributed by atoms with van der Waals surface area (Å²) in [7, 11) is 0.